The van der Waals surface area contributed by atoms with Gasteiger partial charge in [0, 0.05) is 36.8 Å². The lowest BCUT2D eigenvalue weighted by molar-refractivity contribution is -0.132. The van der Waals surface area contributed by atoms with Gasteiger partial charge in [-0.2, -0.15) is 0 Å². The quantitative estimate of drug-likeness (QED) is 0.625. The van der Waals surface area contributed by atoms with E-state index in [0.29, 0.717) is 67.6 Å². The second kappa shape index (κ2) is 8.81. The highest BCUT2D eigenvalue weighted by Gasteiger charge is 2.26. The average molecular weight is 429 g/mol. The van der Waals surface area contributed by atoms with Crippen molar-refractivity contribution in [3.63, 3.8) is 0 Å². The number of fused-ring (bicyclic) bond motifs is 1. The number of anilines is 2. The lowest BCUT2D eigenvalue weighted by Gasteiger charge is -2.28. The second-order valence-electron chi connectivity index (χ2n) is 7.35. The lowest BCUT2D eigenvalue weighted by Crippen LogP contribution is -2.38. The SMILES string of the molecule is NCCCC(=O)N1CCn2c(nc(-c3ccc(F)cc3)c2Nc2ccc(F)c(F)c2)C1. The lowest BCUT2D eigenvalue weighted by atomic mass is 10.1. The van der Waals surface area contributed by atoms with Crippen molar-refractivity contribution in [1.82, 2.24) is 14.5 Å². The van der Waals surface area contributed by atoms with Crippen LogP contribution in [0.1, 0.15) is 18.7 Å². The normalized spacial score (nSPS) is 13.2. The number of carbonyl (C=O) groups is 1. The molecule has 6 nitrogen and oxygen atoms in total. The number of amides is 1. The molecule has 0 atom stereocenters. The minimum Gasteiger partial charge on any atom is -0.340 e. The van der Waals surface area contributed by atoms with E-state index in [2.05, 4.69) is 5.32 Å². The van der Waals surface area contributed by atoms with Gasteiger partial charge in [-0.05, 0) is 49.4 Å². The predicted octanol–water partition coefficient (Wildman–Crippen LogP) is 3.79. The number of benzene rings is 2. The molecule has 1 aromatic heterocycles. The van der Waals surface area contributed by atoms with Crippen LogP contribution in [0.25, 0.3) is 11.3 Å². The summed E-state index contributed by atoms with van der Waals surface area (Å²) in [5, 5.41) is 3.12. The Bertz CT molecular complexity index is 1100. The molecule has 2 aromatic carbocycles. The first kappa shape index (κ1) is 20.9. The Kier molecular flexibility index (Phi) is 5.94. The standard InChI is InChI=1S/C22H22F3N5O/c23-15-5-3-14(4-6-15)21-22(27-16-7-8-17(24)18(25)12-16)30-11-10-29(13-19(30)28-21)20(31)2-1-9-26/h3-8,12,27H,1-2,9-11,13,26H2. The van der Waals surface area contributed by atoms with Crippen LogP contribution in [0.3, 0.4) is 0 Å². The maximum Gasteiger partial charge on any atom is 0.223 e. The highest BCUT2D eigenvalue weighted by molar-refractivity contribution is 5.78. The van der Waals surface area contributed by atoms with Crippen LogP contribution in [0.5, 0.6) is 0 Å². The van der Waals surface area contributed by atoms with Gasteiger partial charge in [-0.15, -0.1) is 0 Å². The molecule has 9 heteroatoms. The Hall–Kier alpha value is -3.33. The summed E-state index contributed by atoms with van der Waals surface area (Å²) in [6.45, 7) is 1.73. The molecule has 4 rings (SSSR count). The molecule has 1 aliphatic rings. The summed E-state index contributed by atoms with van der Waals surface area (Å²) < 4.78 is 42.4. The summed E-state index contributed by atoms with van der Waals surface area (Å²) >= 11 is 0. The molecule has 0 saturated heterocycles. The third-order valence-corrected chi connectivity index (χ3v) is 5.22. The molecular weight excluding hydrogens is 407 g/mol. The number of nitrogens with two attached hydrogens (primary N) is 1. The molecule has 0 unspecified atom stereocenters. The Balaban J connectivity index is 1.70. The molecule has 3 aromatic rings. The van der Waals surface area contributed by atoms with Gasteiger partial charge in [0.25, 0.3) is 0 Å². The molecule has 1 amide bonds. The van der Waals surface area contributed by atoms with E-state index >= 15 is 0 Å². The Labute approximate surface area is 177 Å². The van der Waals surface area contributed by atoms with Gasteiger partial charge in [0.05, 0.1) is 6.54 Å². The fourth-order valence-electron chi connectivity index (χ4n) is 3.60. The van der Waals surface area contributed by atoms with E-state index in [0.717, 1.165) is 12.1 Å². The van der Waals surface area contributed by atoms with E-state index in [-0.39, 0.29) is 11.7 Å². The number of halogens is 3. The van der Waals surface area contributed by atoms with Gasteiger partial charge in [-0.3, -0.25) is 4.79 Å². The van der Waals surface area contributed by atoms with Crippen molar-refractivity contribution in [2.75, 3.05) is 18.4 Å². The van der Waals surface area contributed by atoms with Crippen LogP contribution in [-0.4, -0.2) is 33.4 Å². The van der Waals surface area contributed by atoms with Crippen LogP contribution in [0.15, 0.2) is 42.5 Å². The molecule has 162 valence electrons. The van der Waals surface area contributed by atoms with Gasteiger partial charge in [0.15, 0.2) is 11.6 Å². The summed E-state index contributed by atoms with van der Waals surface area (Å²) in [5.41, 5.74) is 7.05. The van der Waals surface area contributed by atoms with Crippen molar-refractivity contribution in [2.24, 2.45) is 5.73 Å². The van der Waals surface area contributed by atoms with Gasteiger partial charge >= 0.3 is 0 Å². The first-order valence-electron chi connectivity index (χ1n) is 10.0. The van der Waals surface area contributed by atoms with E-state index < -0.39 is 11.6 Å². The van der Waals surface area contributed by atoms with Crippen LogP contribution in [-0.2, 0) is 17.9 Å². The van der Waals surface area contributed by atoms with E-state index in [1.54, 1.807) is 17.0 Å². The van der Waals surface area contributed by atoms with Crippen LogP contribution in [0, 0.1) is 17.5 Å². The van der Waals surface area contributed by atoms with Crippen molar-refractivity contribution in [2.45, 2.75) is 25.9 Å². The molecule has 0 fully saturated rings. The summed E-state index contributed by atoms with van der Waals surface area (Å²) in [4.78, 5) is 18.8. The largest absolute Gasteiger partial charge is 0.340 e. The first-order valence-corrected chi connectivity index (χ1v) is 10.0. The number of hydrogen-bond acceptors (Lipinski definition) is 4. The Morgan fingerprint density at radius 3 is 2.55 bits per heavy atom. The number of carbonyl (C=O) groups excluding carboxylic acids is 1. The number of nitrogens with zero attached hydrogens (tertiary/aromatic N) is 3. The van der Waals surface area contributed by atoms with E-state index in [1.165, 1.54) is 18.2 Å². The zero-order valence-corrected chi connectivity index (χ0v) is 16.7. The smallest absolute Gasteiger partial charge is 0.223 e. The third-order valence-electron chi connectivity index (χ3n) is 5.22. The molecule has 0 aliphatic carbocycles. The molecular formula is C22H22F3N5O. The fourth-order valence-corrected chi connectivity index (χ4v) is 3.60. The van der Waals surface area contributed by atoms with Crippen molar-refractivity contribution >= 4 is 17.4 Å². The van der Waals surface area contributed by atoms with Crippen molar-refractivity contribution in [3.05, 3.63) is 65.7 Å². The van der Waals surface area contributed by atoms with Crippen LogP contribution >= 0.6 is 0 Å². The summed E-state index contributed by atoms with van der Waals surface area (Å²) in [6.07, 6.45) is 0.996. The molecule has 0 bridgehead atoms. The topological polar surface area (TPSA) is 76.2 Å². The predicted molar refractivity (Wildman–Crippen MR) is 111 cm³/mol. The molecule has 0 saturated carbocycles. The van der Waals surface area contributed by atoms with Crippen molar-refractivity contribution in [3.8, 4) is 11.3 Å². The monoisotopic (exact) mass is 429 g/mol. The molecule has 2 heterocycles. The minimum atomic E-state index is -0.969. The zero-order chi connectivity index (χ0) is 22.0. The van der Waals surface area contributed by atoms with Crippen LogP contribution < -0.4 is 11.1 Å². The van der Waals surface area contributed by atoms with Gasteiger partial charge in [0.1, 0.15) is 23.2 Å². The van der Waals surface area contributed by atoms with Gasteiger partial charge in [0.2, 0.25) is 5.91 Å². The van der Waals surface area contributed by atoms with E-state index in [9.17, 15) is 18.0 Å². The average Bonchev–Trinajstić information content (AvgIpc) is 3.12. The van der Waals surface area contributed by atoms with Crippen molar-refractivity contribution < 1.29 is 18.0 Å². The molecule has 0 spiro atoms. The summed E-state index contributed by atoms with van der Waals surface area (Å²) in [7, 11) is 0. The number of imidazole rings is 1. The Morgan fingerprint density at radius 1 is 1.06 bits per heavy atom. The van der Waals surface area contributed by atoms with Gasteiger partial charge in [-0.1, -0.05) is 0 Å². The van der Waals surface area contributed by atoms with Crippen molar-refractivity contribution in [1.29, 1.82) is 0 Å². The maximum absolute atomic E-state index is 13.7. The summed E-state index contributed by atoms with van der Waals surface area (Å²) in [5.74, 6) is -1.05. The first-order chi connectivity index (χ1) is 15.0. The number of aromatic nitrogens is 2. The van der Waals surface area contributed by atoms with Gasteiger partial charge in [-0.25, -0.2) is 18.2 Å². The maximum atomic E-state index is 13.7. The highest BCUT2D eigenvalue weighted by Crippen LogP contribution is 2.33. The zero-order valence-electron chi connectivity index (χ0n) is 16.7. The molecule has 3 N–H and O–H groups in total. The minimum absolute atomic E-state index is 0.0122. The fraction of sp³-hybridized carbons (Fsp3) is 0.273. The third kappa shape index (κ3) is 4.41. The molecule has 1 aliphatic heterocycles. The molecule has 31 heavy (non-hydrogen) atoms. The van der Waals surface area contributed by atoms with E-state index in [4.69, 9.17) is 10.7 Å². The Morgan fingerprint density at radius 2 is 1.84 bits per heavy atom. The van der Waals surface area contributed by atoms with Crippen LogP contribution in [0.4, 0.5) is 24.7 Å². The number of hydrogen-bond donors (Lipinski definition) is 2. The van der Waals surface area contributed by atoms with Crippen LogP contribution in [0.2, 0.25) is 0 Å². The highest BCUT2D eigenvalue weighted by atomic mass is 19.2. The van der Waals surface area contributed by atoms with Gasteiger partial charge < -0.3 is 20.5 Å². The van der Waals surface area contributed by atoms with E-state index in [1.807, 2.05) is 4.57 Å². The summed E-state index contributed by atoms with van der Waals surface area (Å²) in [6, 6.07) is 9.40. The number of rotatable bonds is 6. The molecule has 0 radical (unpaired) electrons. The second-order valence-corrected chi connectivity index (χ2v) is 7.35. The number of nitrogens with one attached hydrogen (secondary N) is 1.